The predicted octanol–water partition coefficient (Wildman–Crippen LogP) is 0.658. The molecule has 1 spiro atoms. The lowest BCUT2D eigenvalue weighted by Gasteiger charge is -2.40. The number of likely N-dealkylation sites (tertiary alicyclic amines) is 1. The lowest BCUT2D eigenvalue weighted by Crippen LogP contribution is -2.55. The molecule has 162 valence electrons. The molecule has 1 amide bonds. The van der Waals surface area contributed by atoms with Crippen molar-refractivity contribution in [1.82, 2.24) is 14.8 Å². The van der Waals surface area contributed by atoms with Crippen LogP contribution in [0.5, 0.6) is 0 Å². The zero-order valence-electron chi connectivity index (χ0n) is 16.2. The molecule has 1 saturated heterocycles. The van der Waals surface area contributed by atoms with Crippen molar-refractivity contribution >= 4 is 35.4 Å². The van der Waals surface area contributed by atoms with Crippen LogP contribution in [0, 0.1) is 6.92 Å². The van der Waals surface area contributed by atoms with Gasteiger partial charge in [-0.1, -0.05) is 0 Å². The Balaban J connectivity index is 1.69. The lowest BCUT2D eigenvalue weighted by molar-refractivity contribution is 0.0391. The van der Waals surface area contributed by atoms with Crippen molar-refractivity contribution in [3.63, 3.8) is 0 Å². The smallest absolute Gasteiger partial charge is 0.276 e. The number of nitrogens with zero attached hydrogens (tertiary/aromatic N) is 4. The highest BCUT2D eigenvalue weighted by Crippen LogP contribution is 2.34. The number of nitrogens with one attached hydrogen (secondary N) is 2. The molecule has 30 heavy (non-hydrogen) atoms. The van der Waals surface area contributed by atoms with Crippen LogP contribution in [0.15, 0.2) is 20.8 Å². The Bertz CT molecular complexity index is 985. The van der Waals surface area contributed by atoms with E-state index in [1.165, 1.54) is 10.9 Å². The van der Waals surface area contributed by atoms with Crippen LogP contribution in [0.1, 0.15) is 28.9 Å². The highest BCUT2D eigenvalue weighted by Gasteiger charge is 2.46. The number of alkyl halides is 3. The predicted molar refractivity (Wildman–Crippen MR) is 110 cm³/mol. The minimum absolute atomic E-state index is 0.203. The SMILES string of the molecule is Cc1cc(NC2=NC=NC(N)C2Cl)c(=O)n2c1C(=O)NC21CCN(CC(F)F)CC1. The molecule has 1 aromatic heterocycles. The largest absolute Gasteiger partial charge is 0.338 e. The Morgan fingerprint density at radius 2 is 2.10 bits per heavy atom. The van der Waals surface area contributed by atoms with Gasteiger partial charge in [0.1, 0.15) is 40.8 Å². The molecule has 12 heteroatoms. The molecule has 3 aliphatic rings. The summed E-state index contributed by atoms with van der Waals surface area (Å²) >= 11 is 6.24. The summed E-state index contributed by atoms with van der Waals surface area (Å²) in [6.07, 6.45) is -1.16. The maximum absolute atomic E-state index is 13.4. The zero-order valence-corrected chi connectivity index (χ0v) is 17.0. The number of fused-ring (bicyclic) bond motifs is 2. The minimum atomic E-state index is -2.43. The first-order valence-corrected chi connectivity index (χ1v) is 10.0. The summed E-state index contributed by atoms with van der Waals surface area (Å²) in [7, 11) is 0. The summed E-state index contributed by atoms with van der Waals surface area (Å²) in [5, 5.41) is 5.12. The van der Waals surface area contributed by atoms with Crippen LogP contribution < -0.4 is 21.9 Å². The van der Waals surface area contributed by atoms with E-state index in [4.69, 9.17) is 17.3 Å². The van der Waals surface area contributed by atoms with Gasteiger partial charge in [-0.15, -0.1) is 11.6 Å². The van der Waals surface area contributed by atoms with E-state index >= 15 is 0 Å². The van der Waals surface area contributed by atoms with E-state index in [2.05, 4.69) is 20.6 Å². The second kappa shape index (κ2) is 7.71. The number of halogens is 3. The molecular weight excluding hydrogens is 420 g/mol. The van der Waals surface area contributed by atoms with Gasteiger partial charge in [-0.2, -0.15) is 0 Å². The number of aliphatic imine (C=N–C) groups is 2. The van der Waals surface area contributed by atoms with Gasteiger partial charge in [0.15, 0.2) is 0 Å². The van der Waals surface area contributed by atoms with Crippen LogP contribution in [0.2, 0.25) is 0 Å². The van der Waals surface area contributed by atoms with Gasteiger partial charge >= 0.3 is 0 Å². The molecule has 1 aromatic rings. The number of aromatic nitrogens is 1. The van der Waals surface area contributed by atoms with Gasteiger partial charge in [-0.05, 0) is 18.6 Å². The number of pyridine rings is 1. The number of aryl methyl sites for hydroxylation is 1. The number of amidine groups is 1. The Labute approximate surface area is 176 Å². The molecule has 2 atom stereocenters. The summed E-state index contributed by atoms with van der Waals surface area (Å²) in [4.78, 5) is 35.6. The number of hydrogen-bond donors (Lipinski definition) is 3. The molecule has 9 nitrogen and oxygen atoms in total. The van der Waals surface area contributed by atoms with Gasteiger partial charge in [0, 0.05) is 25.9 Å². The topological polar surface area (TPSA) is 117 Å². The first kappa shape index (κ1) is 20.9. The van der Waals surface area contributed by atoms with E-state index in [0.717, 1.165) is 0 Å². The second-order valence-corrected chi connectivity index (χ2v) is 8.17. The first-order chi connectivity index (χ1) is 14.2. The van der Waals surface area contributed by atoms with Gasteiger partial charge < -0.3 is 16.4 Å². The molecule has 4 rings (SSSR count). The first-order valence-electron chi connectivity index (χ1n) is 9.58. The van der Waals surface area contributed by atoms with Crippen LogP contribution in [0.25, 0.3) is 0 Å². The summed E-state index contributed by atoms with van der Waals surface area (Å²) < 4.78 is 26.9. The van der Waals surface area contributed by atoms with Crippen LogP contribution in [0.3, 0.4) is 0 Å². The van der Waals surface area contributed by atoms with E-state index in [9.17, 15) is 18.4 Å². The van der Waals surface area contributed by atoms with E-state index in [1.54, 1.807) is 17.9 Å². The van der Waals surface area contributed by atoms with Gasteiger partial charge in [0.2, 0.25) is 0 Å². The van der Waals surface area contributed by atoms with Crippen molar-refractivity contribution in [3.8, 4) is 0 Å². The van der Waals surface area contributed by atoms with Crippen molar-refractivity contribution in [2.45, 2.75) is 43.4 Å². The normalized spacial score (nSPS) is 25.4. The number of piperidine rings is 1. The fraction of sp³-hybridized carbons (Fsp3) is 0.556. The van der Waals surface area contributed by atoms with Crippen LogP contribution in [-0.4, -0.2) is 65.2 Å². The lowest BCUT2D eigenvalue weighted by atomic mass is 9.96. The third-order valence-corrected chi connectivity index (χ3v) is 6.18. The van der Waals surface area contributed by atoms with Crippen molar-refractivity contribution in [1.29, 1.82) is 0 Å². The Morgan fingerprint density at radius 1 is 1.40 bits per heavy atom. The van der Waals surface area contributed by atoms with E-state index in [0.29, 0.717) is 31.5 Å². The van der Waals surface area contributed by atoms with E-state index in [1.807, 2.05) is 0 Å². The summed E-state index contributed by atoms with van der Waals surface area (Å²) in [6.45, 7) is 2.09. The highest BCUT2D eigenvalue weighted by molar-refractivity contribution is 6.35. The van der Waals surface area contributed by atoms with E-state index in [-0.39, 0.29) is 29.7 Å². The van der Waals surface area contributed by atoms with Gasteiger partial charge in [-0.3, -0.25) is 24.0 Å². The maximum Gasteiger partial charge on any atom is 0.276 e. The van der Waals surface area contributed by atoms with Crippen molar-refractivity contribution < 1.29 is 13.6 Å². The molecule has 0 bridgehead atoms. The monoisotopic (exact) mass is 441 g/mol. The summed E-state index contributed by atoms with van der Waals surface area (Å²) in [6, 6.07) is 1.57. The van der Waals surface area contributed by atoms with Gasteiger partial charge in [0.25, 0.3) is 17.9 Å². The molecule has 0 aliphatic carbocycles. The number of amides is 1. The van der Waals surface area contributed by atoms with Crippen molar-refractivity contribution in [3.05, 3.63) is 27.7 Å². The third-order valence-electron chi connectivity index (χ3n) is 5.72. The Hall–Kier alpha value is -2.37. The van der Waals surface area contributed by atoms with Crippen molar-refractivity contribution in [2.24, 2.45) is 15.7 Å². The molecule has 1 fully saturated rings. The number of nitrogens with two attached hydrogens (primary N) is 1. The standard InChI is InChI=1S/C18H22ClF2N7O2/c1-9-6-10(25-15-12(19)14(22)23-8-24-15)17(30)28-13(9)16(29)26-18(28)2-4-27(5-3-18)7-11(20)21/h6,8,11-12,14H,2-5,7,22H2,1H3,(H,26,29)(H,23,24,25). The second-order valence-electron chi connectivity index (χ2n) is 7.70. The average Bonchev–Trinajstić information content (AvgIpc) is 2.97. The number of rotatable bonds is 3. The van der Waals surface area contributed by atoms with Crippen LogP contribution in [-0.2, 0) is 5.66 Å². The molecule has 3 aliphatic heterocycles. The average molecular weight is 442 g/mol. The number of carbonyl (C=O) groups excluding carboxylic acids is 1. The molecule has 4 N–H and O–H groups in total. The Kier molecular flexibility index (Phi) is 5.37. The molecule has 0 saturated carbocycles. The van der Waals surface area contributed by atoms with E-state index < -0.39 is 29.2 Å². The fourth-order valence-corrected chi connectivity index (χ4v) is 4.40. The molecule has 4 heterocycles. The highest BCUT2D eigenvalue weighted by atomic mass is 35.5. The third kappa shape index (κ3) is 3.50. The Morgan fingerprint density at radius 3 is 2.77 bits per heavy atom. The molecule has 0 aromatic carbocycles. The number of carbonyl (C=O) groups is 1. The number of anilines is 1. The minimum Gasteiger partial charge on any atom is -0.338 e. The van der Waals surface area contributed by atoms with Crippen LogP contribution >= 0.6 is 11.6 Å². The fourth-order valence-electron chi connectivity index (χ4n) is 4.22. The van der Waals surface area contributed by atoms with Crippen molar-refractivity contribution in [2.75, 3.05) is 25.0 Å². The van der Waals surface area contributed by atoms with Gasteiger partial charge in [0.05, 0.1) is 6.54 Å². The van der Waals surface area contributed by atoms with Crippen LogP contribution in [0.4, 0.5) is 14.5 Å². The quantitative estimate of drug-likeness (QED) is 0.596. The summed E-state index contributed by atoms with van der Waals surface area (Å²) in [5.74, 6) is -0.0628. The number of hydrogen-bond acceptors (Lipinski definition) is 7. The molecular formula is C18H22ClF2N7O2. The maximum atomic E-state index is 13.4. The summed E-state index contributed by atoms with van der Waals surface area (Å²) in [5.41, 5.74) is 5.53. The zero-order chi connectivity index (χ0) is 21.6. The molecule has 2 unspecified atom stereocenters. The molecule has 0 radical (unpaired) electrons. The van der Waals surface area contributed by atoms with Gasteiger partial charge in [-0.25, -0.2) is 13.8 Å².